The molecule has 7 heteroatoms. The normalized spacial score (nSPS) is 11.5. The number of anilines is 1. The number of aryl methyl sites for hydroxylation is 1. The van der Waals surface area contributed by atoms with E-state index in [4.69, 9.17) is 17.3 Å². The van der Waals surface area contributed by atoms with Gasteiger partial charge in [0, 0.05) is 30.5 Å². The predicted octanol–water partition coefficient (Wildman–Crippen LogP) is 1.94. The van der Waals surface area contributed by atoms with Crippen molar-refractivity contribution in [3.63, 3.8) is 0 Å². The van der Waals surface area contributed by atoms with Gasteiger partial charge < -0.3 is 10.3 Å². The highest BCUT2D eigenvalue weighted by Crippen LogP contribution is 2.20. The number of benzene rings is 1. The number of nitrogens with one attached hydrogen (secondary N) is 1. The van der Waals surface area contributed by atoms with Gasteiger partial charge in [0.2, 0.25) is 0 Å². The Morgan fingerprint density at radius 3 is 2.68 bits per heavy atom. The molecule has 0 aliphatic heterocycles. The highest BCUT2D eigenvalue weighted by Gasteiger charge is 2.17. The van der Waals surface area contributed by atoms with Crippen molar-refractivity contribution in [3.05, 3.63) is 47.2 Å². The van der Waals surface area contributed by atoms with E-state index in [-0.39, 0.29) is 11.4 Å². The third-order valence-electron chi connectivity index (χ3n) is 2.68. The number of rotatable bonds is 4. The molecule has 0 bridgehead atoms. The van der Waals surface area contributed by atoms with Gasteiger partial charge in [0.15, 0.2) is 0 Å². The van der Waals surface area contributed by atoms with Crippen LogP contribution in [-0.2, 0) is 23.6 Å². The molecule has 3 N–H and O–H groups in total. The molecule has 102 valence electrons. The van der Waals surface area contributed by atoms with Crippen molar-refractivity contribution in [2.24, 2.45) is 12.8 Å². The topological polar surface area (TPSA) is 77.1 Å². The van der Waals surface area contributed by atoms with Crippen molar-refractivity contribution in [2.45, 2.75) is 11.4 Å². The van der Waals surface area contributed by atoms with Crippen LogP contribution in [0.2, 0.25) is 5.02 Å². The first-order chi connectivity index (χ1) is 8.92. The molecule has 0 saturated carbocycles. The van der Waals surface area contributed by atoms with E-state index in [2.05, 4.69) is 4.72 Å². The largest absolute Gasteiger partial charge is 0.352 e. The molecule has 0 aliphatic carbocycles. The van der Waals surface area contributed by atoms with Crippen molar-refractivity contribution in [1.82, 2.24) is 4.57 Å². The van der Waals surface area contributed by atoms with Gasteiger partial charge in [-0.05, 0) is 24.3 Å². The molecule has 0 amide bonds. The summed E-state index contributed by atoms with van der Waals surface area (Å²) in [4.78, 5) is 0.176. The summed E-state index contributed by atoms with van der Waals surface area (Å²) in [6.45, 7) is 0.281. The lowest BCUT2D eigenvalue weighted by atomic mass is 10.3. The zero-order valence-electron chi connectivity index (χ0n) is 10.3. The van der Waals surface area contributed by atoms with E-state index >= 15 is 0 Å². The molecule has 5 nitrogen and oxygen atoms in total. The minimum Gasteiger partial charge on any atom is -0.352 e. The van der Waals surface area contributed by atoms with E-state index in [0.29, 0.717) is 10.7 Å². The van der Waals surface area contributed by atoms with Crippen LogP contribution in [0.3, 0.4) is 0 Å². The third kappa shape index (κ3) is 3.09. The summed E-state index contributed by atoms with van der Waals surface area (Å²) in [6, 6.07) is 8.08. The fraction of sp³-hybridized carbons (Fsp3) is 0.167. The second-order valence-electron chi connectivity index (χ2n) is 4.10. The number of halogens is 1. The number of hydrogen-bond donors (Lipinski definition) is 2. The number of nitrogens with zero attached hydrogens (tertiary/aromatic N) is 1. The molecule has 1 aromatic heterocycles. The van der Waals surface area contributed by atoms with Crippen LogP contribution in [0.4, 0.5) is 5.69 Å². The van der Waals surface area contributed by atoms with Crippen LogP contribution >= 0.6 is 11.6 Å². The van der Waals surface area contributed by atoms with Gasteiger partial charge in [-0.15, -0.1) is 0 Å². The van der Waals surface area contributed by atoms with Crippen LogP contribution in [0, 0.1) is 0 Å². The maximum atomic E-state index is 12.2. The van der Waals surface area contributed by atoms with Crippen LogP contribution in [0.15, 0.2) is 41.4 Å². The Morgan fingerprint density at radius 2 is 2.11 bits per heavy atom. The van der Waals surface area contributed by atoms with E-state index in [1.54, 1.807) is 41.9 Å². The maximum absolute atomic E-state index is 12.2. The van der Waals surface area contributed by atoms with Crippen LogP contribution in [0.5, 0.6) is 0 Å². The SMILES string of the molecule is Cn1cc(S(=O)(=O)Nc2cccc(Cl)c2)cc1CN. The number of sulfonamides is 1. The molecule has 0 atom stereocenters. The van der Waals surface area contributed by atoms with Crippen LogP contribution < -0.4 is 10.5 Å². The molecular weight excluding hydrogens is 286 g/mol. The first-order valence-corrected chi connectivity index (χ1v) is 7.42. The summed E-state index contributed by atoms with van der Waals surface area (Å²) in [5.74, 6) is 0. The molecule has 0 saturated heterocycles. The molecular formula is C12H14ClN3O2S. The van der Waals surface area contributed by atoms with Crippen molar-refractivity contribution < 1.29 is 8.42 Å². The smallest absolute Gasteiger partial charge is 0.263 e. The Hall–Kier alpha value is -1.50. The van der Waals surface area contributed by atoms with Gasteiger partial charge in [-0.25, -0.2) is 8.42 Å². The zero-order valence-corrected chi connectivity index (χ0v) is 11.9. The molecule has 1 heterocycles. The number of aromatic nitrogens is 1. The second-order valence-corrected chi connectivity index (χ2v) is 6.22. The summed E-state index contributed by atoms with van der Waals surface area (Å²) in [5, 5.41) is 0.468. The summed E-state index contributed by atoms with van der Waals surface area (Å²) in [6.07, 6.45) is 1.52. The Labute approximate surface area is 117 Å². The summed E-state index contributed by atoms with van der Waals surface area (Å²) < 4.78 is 28.5. The van der Waals surface area contributed by atoms with E-state index in [9.17, 15) is 8.42 Å². The van der Waals surface area contributed by atoms with Gasteiger partial charge in [-0.1, -0.05) is 17.7 Å². The summed E-state index contributed by atoms with van der Waals surface area (Å²) >= 11 is 5.82. The molecule has 19 heavy (non-hydrogen) atoms. The molecule has 1 aromatic carbocycles. The van der Waals surface area contributed by atoms with Gasteiger partial charge in [-0.2, -0.15) is 0 Å². The predicted molar refractivity (Wildman–Crippen MR) is 75.6 cm³/mol. The molecule has 0 spiro atoms. The minimum absolute atomic E-state index is 0.176. The Balaban J connectivity index is 2.32. The highest BCUT2D eigenvalue weighted by atomic mass is 35.5. The maximum Gasteiger partial charge on any atom is 0.263 e. The van der Waals surface area contributed by atoms with Crippen LogP contribution in [-0.4, -0.2) is 13.0 Å². The lowest BCUT2D eigenvalue weighted by molar-refractivity contribution is 0.601. The van der Waals surface area contributed by atoms with E-state index in [1.165, 1.54) is 6.20 Å². The van der Waals surface area contributed by atoms with Crippen molar-refractivity contribution >= 4 is 27.3 Å². The van der Waals surface area contributed by atoms with Gasteiger partial charge in [0.25, 0.3) is 10.0 Å². The van der Waals surface area contributed by atoms with Crippen LogP contribution in [0.25, 0.3) is 0 Å². The molecule has 0 unspecified atom stereocenters. The number of nitrogens with two attached hydrogens (primary N) is 1. The molecule has 0 fully saturated rings. The average molecular weight is 300 g/mol. The van der Waals surface area contributed by atoms with Gasteiger partial charge in [0.05, 0.1) is 5.69 Å². The fourth-order valence-electron chi connectivity index (χ4n) is 1.69. The lowest BCUT2D eigenvalue weighted by Crippen LogP contribution is -2.12. The van der Waals surface area contributed by atoms with Crippen molar-refractivity contribution in [2.75, 3.05) is 4.72 Å². The van der Waals surface area contributed by atoms with Crippen molar-refractivity contribution in [3.8, 4) is 0 Å². The molecule has 2 aromatic rings. The standard InChI is InChI=1S/C12H14ClN3O2S/c1-16-8-12(6-11(16)7-14)19(17,18)15-10-4-2-3-9(13)5-10/h2-6,8,15H,7,14H2,1H3. The fourth-order valence-corrected chi connectivity index (χ4v) is 3.03. The third-order valence-corrected chi connectivity index (χ3v) is 4.26. The first kappa shape index (κ1) is 13.9. The monoisotopic (exact) mass is 299 g/mol. The highest BCUT2D eigenvalue weighted by molar-refractivity contribution is 7.92. The molecule has 0 radical (unpaired) electrons. The average Bonchev–Trinajstić information content (AvgIpc) is 2.71. The van der Waals surface area contributed by atoms with E-state index < -0.39 is 10.0 Å². The minimum atomic E-state index is -3.63. The Kier molecular flexibility index (Phi) is 3.84. The summed E-state index contributed by atoms with van der Waals surface area (Å²) in [5.41, 5.74) is 6.69. The lowest BCUT2D eigenvalue weighted by Gasteiger charge is -2.06. The number of hydrogen-bond acceptors (Lipinski definition) is 3. The van der Waals surface area contributed by atoms with E-state index in [0.717, 1.165) is 5.69 Å². The second kappa shape index (κ2) is 5.24. The van der Waals surface area contributed by atoms with Gasteiger partial charge >= 0.3 is 0 Å². The molecule has 2 rings (SSSR count). The zero-order chi connectivity index (χ0) is 14.0. The van der Waals surface area contributed by atoms with E-state index in [1.807, 2.05) is 0 Å². The van der Waals surface area contributed by atoms with Crippen molar-refractivity contribution in [1.29, 1.82) is 0 Å². The van der Waals surface area contributed by atoms with Gasteiger partial charge in [-0.3, -0.25) is 4.72 Å². The summed E-state index contributed by atoms with van der Waals surface area (Å²) in [7, 11) is -1.88. The van der Waals surface area contributed by atoms with Crippen LogP contribution in [0.1, 0.15) is 5.69 Å². The molecule has 0 aliphatic rings. The quantitative estimate of drug-likeness (QED) is 0.905. The van der Waals surface area contributed by atoms with Gasteiger partial charge in [0.1, 0.15) is 4.90 Å². The Morgan fingerprint density at radius 1 is 1.37 bits per heavy atom. The first-order valence-electron chi connectivity index (χ1n) is 5.56. The Bertz CT molecular complexity index is 695.